The Hall–Kier alpha value is -2.61. The zero-order chi connectivity index (χ0) is 19.4. The van der Waals surface area contributed by atoms with E-state index in [1.54, 1.807) is 38.3 Å². The summed E-state index contributed by atoms with van der Waals surface area (Å²) in [5.74, 6) is 0.0182. The molecule has 1 aromatic carbocycles. The quantitative estimate of drug-likeness (QED) is 0.506. The van der Waals surface area contributed by atoms with Crippen LogP contribution in [0.3, 0.4) is 0 Å². The van der Waals surface area contributed by atoms with Crippen LogP contribution in [0.15, 0.2) is 24.3 Å². The van der Waals surface area contributed by atoms with Gasteiger partial charge in [0.2, 0.25) is 5.91 Å². The Morgan fingerprint density at radius 2 is 2.11 bits per heavy atom. The van der Waals surface area contributed by atoms with Gasteiger partial charge in [-0.3, -0.25) is 14.5 Å². The largest absolute Gasteiger partial charge is 0.493 e. The number of carbonyl (C=O) groups is 3. The lowest BCUT2D eigenvalue weighted by molar-refractivity contribution is -0.134. The normalized spacial score (nSPS) is 21.9. The molecule has 1 saturated heterocycles. The van der Waals surface area contributed by atoms with Crippen LogP contribution in [0.25, 0.3) is 0 Å². The maximum Gasteiger partial charge on any atom is 0.325 e. The first-order valence-electron chi connectivity index (χ1n) is 9.10. The van der Waals surface area contributed by atoms with Gasteiger partial charge in [0.15, 0.2) is 0 Å². The highest BCUT2D eigenvalue weighted by Crippen LogP contribution is 2.42. The standard InChI is InChI=1S/C19H25N3O5/c1-19(13-7-8-13)17(24)22(18(25)21-19)12-16(23)20-14-5-3-6-15(11-14)27-10-4-9-26-2/h3,5-6,11,13H,4,7-10,12H2,1-2H3,(H,20,23)(H,21,25)/t19-/m0/s1. The van der Waals surface area contributed by atoms with Crippen molar-refractivity contribution >= 4 is 23.5 Å². The van der Waals surface area contributed by atoms with Gasteiger partial charge in [-0.1, -0.05) is 6.07 Å². The topological polar surface area (TPSA) is 97.0 Å². The summed E-state index contributed by atoms with van der Waals surface area (Å²) in [6.45, 7) is 2.54. The Bertz CT molecular complexity index is 734. The van der Waals surface area contributed by atoms with Crippen LogP contribution in [-0.4, -0.2) is 55.2 Å². The second-order valence-electron chi connectivity index (χ2n) is 7.07. The highest BCUT2D eigenvalue weighted by atomic mass is 16.5. The molecule has 3 rings (SSSR count). The minimum Gasteiger partial charge on any atom is -0.493 e. The number of ether oxygens (including phenoxy) is 2. The molecular formula is C19H25N3O5. The number of anilines is 1. The predicted molar refractivity (Wildman–Crippen MR) is 98.4 cm³/mol. The monoisotopic (exact) mass is 375 g/mol. The van der Waals surface area contributed by atoms with E-state index in [-0.39, 0.29) is 18.4 Å². The minimum atomic E-state index is -0.882. The van der Waals surface area contributed by atoms with Gasteiger partial charge < -0.3 is 20.1 Å². The van der Waals surface area contributed by atoms with Crippen molar-refractivity contribution in [1.29, 1.82) is 0 Å². The molecule has 0 spiro atoms. The third kappa shape index (κ3) is 4.39. The summed E-state index contributed by atoms with van der Waals surface area (Å²) in [4.78, 5) is 38.0. The lowest BCUT2D eigenvalue weighted by Crippen LogP contribution is -2.46. The van der Waals surface area contributed by atoms with E-state index in [1.165, 1.54) is 0 Å². The van der Waals surface area contributed by atoms with E-state index < -0.39 is 17.5 Å². The Morgan fingerprint density at radius 3 is 2.81 bits per heavy atom. The second kappa shape index (κ2) is 7.96. The van der Waals surface area contributed by atoms with E-state index in [0.29, 0.717) is 24.7 Å². The van der Waals surface area contributed by atoms with Gasteiger partial charge in [-0.15, -0.1) is 0 Å². The second-order valence-corrected chi connectivity index (χ2v) is 7.07. The summed E-state index contributed by atoms with van der Waals surface area (Å²) >= 11 is 0. The molecule has 8 nitrogen and oxygen atoms in total. The van der Waals surface area contributed by atoms with Crippen molar-refractivity contribution in [1.82, 2.24) is 10.2 Å². The van der Waals surface area contributed by atoms with Gasteiger partial charge in [-0.25, -0.2) is 4.79 Å². The summed E-state index contributed by atoms with van der Waals surface area (Å²) in [5.41, 5.74) is -0.339. The van der Waals surface area contributed by atoms with E-state index in [2.05, 4.69) is 10.6 Å². The highest BCUT2D eigenvalue weighted by Gasteiger charge is 2.56. The van der Waals surface area contributed by atoms with Gasteiger partial charge in [-0.2, -0.15) is 0 Å². The number of nitrogens with one attached hydrogen (secondary N) is 2. The van der Waals surface area contributed by atoms with Crippen LogP contribution >= 0.6 is 0 Å². The molecule has 1 atom stereocenters. The molecule has 0 bridgehead atoms. The molecule has 8 heteroatoms. The first kappa shape index (κ1) is 19.2. The van der Waals surface area contributed by atoms with Crippen LogP contribution in [-0.2, 0) is 14.3 Å². The van der Waals surface area contributed by atoms with Gasteiger partial charge in [0.05, 0.1) is 6.61 Å². The molecule has 0 unspecified atom stereocenters. The number of urea groups is 1. The zero-order valence-electron chi connectivity index (χ0n) is 15.6. The van der Waals surface area contributed by atoms with Crippen molar-refractivity contribution < 1.29 is 23.9 Å². The number of hydrogen-bond acceptors (Lipinski definition) is 5. The molecule has 1 heterocycles. The first-order valence-corrected chi connectivity index (χ1v) is 9.10. The van der Waals surface area contributed by atoms with Gasteiger partial charge in [0.1, 0.15) is 17.8 Å². The van der Waals surface area contributed by atoms with Crippen molar-refractivity contribution in [2.75, 3.05) is 32.2 Å². The fourth-order valence-corrected chi connectivity index (χ4v) is 3.20. The third-order valence-corrected chi connectivity index (χ3v) is 4.88. The average Bonchev–Trinajstić information content (AvgIpc) is 3.45. The van der Waals surface area contributed by atoms with Gasteiger partial charge in [-0.05, 0) is 37.8 Å². The molecule has 146 valence electrons. The number of hydrogen-bond donors (Lipinski definition) is 2. The maximum atomic E-state index is 12.6. The number of methoxy groups -OCH3 is 1. The summed E-state index contributed by atoms with van der Waals surface area (Å²) in [5, 5.41) is 5.44. The smallest absolute Gasteiger partial charge is 0.325 e. The van der Waals surface area contributed by atoms with E-state index >= 15 is 0 Å². The highest BCUT2D eigenvalue weighted by molar-refractivity contribution is 6.10. The van der Waals surface area contributed by atoms with Crippen LogP contribution < -0.4 is 15.4 Å². The zero-order valence-corrected chi connectivity index (χ0v) is 15.6. The van der Waals surface area contributed by atoms with Crippen LogP contribution in [0, 0.1) is 5.92 Å². The SMILES string of the molecule is COCCCOc1cccc(NC(=O)CN2C(=O)N[C@@](C)(C3CC3)C2=O)c1. The Kier molecular flexibility index (Phi) is 5.65. The number of carbonyl (C=O) groups excluding carboxylic acids is 3. The molecule has 2 fully saturated rings. The molecular weight excluding hydrogens is 350 g/mol. The molecule has 0 radical (unpaired) electrons. The van der Waals surface area contributed by atoms with Crippen molar-refractivity contribution in [3.63, 3.8) is 0 Å². The van der Waals surface area contributed by atoms with Crippen LogP contribution in [0.1, 0.15) is 26.2 Å². The summed E-state index contributed by atoms with van der Waals surface area (Å²) in [7, 11) is 1.63. The molecule has 4 amide bonds. The Morgan fingerprint density at radius 1 is 1.33 bits per heavy atom. The van der Waals surface area contributed by atoms with Crippen LogP contribution in [0.2, 0.25) is 0 Å². The summed E-state index contributed by atoms with van der Waals surface area (Å²) < 4.78 is 10.6. The van der Waals surface area contributed by atoms with Crippen LogP contribution in [0.4, 0.5) is 10.5 Å². The molecule has 2 N–H and O–H groups in total. The lowest BCUT2D eigenvalue weighted by atomic mass is 9.96. The number of rotatable bonds is 9. The van der Waals surface area contributed by atoms with E-state index in [9.17, 15) is 14.4 Å². The fraction of sp³-hybridized carbons (Fsp3) is 0.526. The summed E-state index contributed by atoms with van der Waals surface area (Å²) in [6.07, 6.45) is 2.60. The van der Waals surface area contributed by atoms with Crippen molar-refractivity contribution in [3.8, 4) is 5.75 Å². The lowest BCUT2D eigenvalue weighted by Gasteiger charge is -2.20. The molecule has 0 aromatic heterocycles. The number of amides is 4. The van der Waals surface area contributed by atoms with Crippen molar-refractivity contribution in [2.24, 2.45) is 5.92 Å². The number of imide groups is 1. The van der Waals surface area contributed by atoms with Gasteiger partial charge in [0.25, 0.3) is 5.91 Å². The van der Waals surface area contributed by atoms with Crippen LogP contribution in [0.5, 0.6) is 5.75 Å². The van der Waals surface area contributed by atoms with Gasteiger partial charge in [0, 0.05) is 31.9 Å². The number of nitrogens with zero attached hydrogens (tertiary/aromatic N) is 1. The predicted octanol–water partition coefficient (Wildman–Crippen LogP) is 1.76. The minimum absolute atomic E-state index is 0.161. The molecule has 1 aromatic rings. The molecule has 1 aliphatic heterocycles. The average molecular weight is 375 g/mol. The number of benzene rings is 1. The fourth-order valence-electron chi connectivity index (χ4n) is 3.20. The molecule has 1 aliphatic carbocycles. The Balaban J connectivity index is 1.55. The first-order chi connectivity index (χ1) is 12.9. The molecule has 2 aliphatic rings. The Labute approximate surface area is 158 Å². The maximum absolute atomic E-state index is 12.6. The van der Waals surface area contributed by atoms with E-state index in [4.69, 9.17) is 9.47 Å². The van der Waals surface area contributed by atoms with E-state index in [0.717, 1.165) is 24.2 Å². The molecule has 27 heavy (non-hydrogen) atoms. The van der Waals surface area contributed by atoms with Crippen molar-refractivity contribution in [3.05, 3.63) is 24.3 Å². The van der Waals surface area contributed by atoms with Crippen molar-refractivity contribution in [2.45, 2.75) is 31.7 Å². The third-order valence-electron chi connectivity index (χ3n) is 4.88. The van der Waals surface area contributed by atoms with Gasteiger partial charge >= 0.3 is 6.03 Å². The molecule has 1 saturated carbocycles. The van der Waals surface area contributed by atoms with E-state index in [1.807, 2.05) is 0 Å². The summed E-state index contributed by atoms with van der Waals surface area (Å²) in [6, 6.07) is 6.46.